The Morgan fingerprint density at radius 1 is 0.957 bits per heavy atom. The second-order valence-electron chi connectivity index (χ2n) is 12.4. The number of ether oxygens (including phenoxy) is 2. The zero-order valence-corrected chi connectivity index (χ0v) is 27.4. The van der Waals surface area contributed by atoms with Crippen molar-refractivity contribution in [2.45, 2.75) is 52.1 Å². The molecule has 8 heteroatoms. The van der Waals surface area contributed by atoms with Crippen LogP contribution in [0.2, 0.25) is 5.02 Å². The van der Waals surface area contributed by atoms with Gasteiger partial charge in [0.05, 0.1) is 12.7 Å². The van der Waals surface area contributed by atoms with E-state index in [0.717, 1.165) is 47.3 Å². The molecule has 0 spiro atoms. The van der Waals surface area contributed by atoms with Crippen LogP contribution in [0.1, 0.15) is 65.4 Å². The number of methoxy groups -OCH3 is 1. The second kappa shape index (κ2) is 15.0. The third-order valence-electron chi connectivity index (χ3n) is 8.00. The maximum Gasteiger partial charge on any atom is 0.337 e. The molecule has 4 aromatic carbocycles. The summed E-state index contributed by atoms with van der Waals surface area (Å²) in [6.07, 6.45) is 7.04. The van der Waals surface area contributed by atoms with Gasteiger partial charge >= 0.3 is 5.97 Å². The van der Waals surface area contributed by atoms with Crippen LogP contribution >= 0.6 is 11.6 Å². The molecular weight excluding hydrogens is 596 g/mol. The van der Waals surface area contributed by atoms with Gasteiger partial charge in [-0.2, -0.15) is 5.21 Å². The summed E-state index contributed by atoms with van der Waals surface area (Å²) in [5, 5.41) is 15.0. The summed E-state index contributed by atoms with van der Waals surface area (Å²) in [5.74, 6) is 1.27. The number of allylic oxidation sites excluding steroid dienone is 1. The van der Waals surface area contributed by atoms with Crippen molar-refractivity contribution >= 4 is 23.6 Å². The minimum atomic E-state index is -0.338. The predicted molar refractivity (Wildman–Crippen MR) is 183 cm³/mol. The van der Waals surface area contributed by atoms with Gasteiger partial charge in [-0.1, -0.05) is 111 Å². The molecule has 0 fully saturated rings. The lowest BCUT2D eigenvalue weighted by molar-refractivity contribution is 0.0600. The molecule has 0 bridgehead atoms. The largest absolute Gasteiger partial charge is 0.488 e. The maximum absolute atomic E-state index is 11.9. The van der Waals surface area contributed by atoms with E-state index in [9.17, 15) is 4.79 Å². The van der Waals surface area contributed by atoms with E-state index in [1.54, 1.807) is 0 Å². The van der Waals surface area contributed by atoms with Crippen molar-refractivity contribution < 1.29 is 14.3 Å². The third kappa shape index (κ3) is 8.70. The van der Waals surface area contributed by atoms with Gasteiger partial charge in [0.1, 0.15) is 12.4 Å². The number of carbonyl (C=O) groups excluding carboxylic acids is 1. The molecule has 0 aliphatic carbocycles. The first kappa shape index (κ1) is 32.6. The molecule has 46 heavy (non-hydrogen) atoms. The molecule has 5 rings (SSSR count). The number of nitrogens with zero attached hydrogens (tertiary/aromatic N) is 3. The van der Waals surface area contributed by atoms with Gasteiger partial charge in [-0.15, -0.1) is 10.2 Å². The first-order valence-corrected chi connectivity index (χ1v) is 15.8. The lowest BCUT2D eigenvalue weighted by Crippen LogP contribution is -2.11. The highest BCUT2D eigenvalue weighted by Gasteiger charge is 2.16. The monoisotopic (exact) mass is 634 g/mol. The molecule has 1 unspecified atom stereocenters. The van der Waals surface area contributed by atoms with Crippen LogP contribution in [0.15, 0.2) is 97.1 Å². The van der Waals surface area contributed by atoms with Crippen LogP contribution in [0.3, 0.4) is 0 Å². The first-order chi connectivity index (χ1) is 22.2. The van der Waals surface area contributed by atoms with Crippen LogP contribution in [0, 0.1) is 5.92 Å². The van der Waals surface area contributed by atoms with E-state index in [4.69, 9.17) is 21.1 Å². The summed E-state index contributed by atoms with van der Waals surface area (Å²) in [6, 6.07) is 30.2. The number of halogens is 1. The fourth-order valence-electron chi connectivity index (χ4n) is 5.20. The Balaban J connectivity index is 1.31. The third-order valence-corrected chi connectivity index (χ3v) is 8.36. The number of para-hydroxylation sites is 1. The van der Waals surface area contributed by atoms with E-state index in [1.807, 2.05) is 60.7 Å². The van der Waals surface area contributed by atoms with E-state index < -0.39 is 0 Å². The van der Waals surface area contributed by atoms with E-state index in [1.165, 1.54) is 18.2 Å². The Hall–Kier alpha value is -4.75. The van der Waals surface area contributed by atoms with Gasteiger partial charge in [0.25, 0.3) is 0 Å². The summed E-state index contributed by atoms with van der Waals surface area (Å²) in [4.78, 5) is 11.9. The number of H-pyrrole nitrogens is 1. The zero-order valence-electron chi connectivity index (χ0n) is 26.7. The maximum atomic E-state index is 11.9. The molecule has 0 radical (unpaired) electrons. The highest BCUT2D eigenvalue weighted by molar-refractivity contribution is 6.31. The molecule has 236 valence electrons. The van der Waals surface area contributed by atoms with Crippen LogP contribution in [-0.2, 0) is 29.6 Å². The number of rotatable bonds is 12. The van der Waals surface area contributed by atoms with Gasteiger partial charge in [-0.3, -0.25) is 0 Å². The normalized spacial score (nSPS) is 12.3. The van der Waals surface area contributed by atoms with Crippen molar-refractivity contribution in [1.29, 1.82) is 0 Å². The molecule has 7 nitrogen and oxygen atoms in total. The number of aromatic nitrogens is 4. The molecule has 0 amide bonds. The number of aryl methyl sites for hydroxylation is 1. The standard InChI is InChI=1S/C38H39ClN4O3/c1-38(2,3)33-22-21-32(34(39)24-33)25-46-35-8-6-5-7-29(35)16-13-27(23-28-14-19-31(20-15-28)37(44)45-4)10-9-26-11-17-30(18-12-26)36-40-42-43-41-36/h5-8,11-22,24,27H,9-10,23,25H2,1-4H3,(H,40,41,42,43). The van der Waals surface area contributed by atoms with Gasteiger partial charge in [-0.25, -0.2) is 4.79 Å². The number of benzene rings is 4. The van der Waals surface area contributed by atoms with Crippen LogP contribution in [-0.4, -0.2) is 33.7 Å². The highest BCUT2D eigenvalue weighted by Crippen LogP contribution is 2.29. The van der Waals surface area contributed by atoms with Crippen molar-refractivity contribution in [2.75, 3.05) is 7.11 Å². The number of hydrogen-bond acceptors (Lipinski definition) is 6. The number of aromatic amines is 1. The number of carbonyl (C=O) groups is 1. The predicted octanol–water partition coefficient (Wildman–Crippen LogP) is 8.69. The molecule has 0 saturated heterocycles. The lowest BCUT2D eigenvalue weighted by atomic mass is 9.87. The van der Waals surface area contributed by atoms with Crippen molar-refractivity contribution in [2.24, 2.45) is 5.92 Å². The van der Waals surface area contributed by atoms with Crippen LogP contribution in [0.4, 0.5) is 0 Å². The Morgan fingerprint density at radius 3 is 2.37 bits per heavy atom. The van der Waals surface area contributed by atoms with Gasteiger partial charge in [-0.05, 0) is 76.8 Å². The number of tetrazole rings is 1. The number of nitrogens with one attached hydrogen (secondary N) is 1. The average molecular weight is 635 g/mol. The minimum Gasteiger partial charge on any atom is -0.488 e. The zero-order chi connectivity index (χ0) is 32.5. The van der Waals surface area contributed by atoms with Gasteiger partial charge in [0.15, 0.2) is 0 Å². The summed E-state index contributed by atoms with van der Waals surface area (Å²) in [6.45, 7) is 6.91. The Kier molecular flexibility index (Phi) is 10.7. The summed E-state index contributed by atoms with van der Waals surface area (Å²) < 4.78 is 11.2. The molecule has 0 aliphatic rings. The summed E-state index contributed by atoms with van der Waals surface area (Å²) in [5.41, 5.74) is 7.00. The highest BCUT2D eigenvalue weighted by atomic mass is 35.5. The molecular formula is C38H39ClN4O3. The molecule has 1 aromatic heterocycles. The number of hydrogen-bond donors (Lipinski definition) is 1. The molecule has 5 aromatic rings. The van der Waals surface area contributed by atoms with Gasteiger partial charge in [0, 0.05) is 21.7 Å². The van der Waals surface area contributed by atoms with E-state index in [-0.39, 0.29) is 17.3 Å². The second-order valence-corrected chi connectivity index (χ2v) is 12.8. The topological polar surface area (TPSA) is 90.0 Å². The van der Waals surface area contributed by atoms with Crippen LogP contribution in [0.25, 0.3) is 17.5 Å². The quantitative estimate of drug-likeness (QED) is 0.138. The smallest absolute Gasteiger partial charge is 0.337 e. The molecule has 0 aliphatic heterocycles. The summed E-state index contributed by atoms with van der Waals surface area (Å²) in [7, 11) is 1.39. The van der Waals surface area contributed by atoms with Crippen LogP contribution < -0.4 is 4.74 Å². The summed E-state index contributed by atoms with van der Waals surface area (Å²) >= 11 is 6.65. The lowest BCUT2D eigenvalue weighted by Gasteiger charge is -2.20. The Morgan fingerprint density at radius 2 is 1.70 bits per heavy atom. The fraction of sp³-hybridized carbons (Fsp3) is 0.263. The van der Waals surface area contributed by atoms with E-state index in [0.29, 0.717) is 23.0 Å². The van der Waals surface area contributed by atoms with Crippen molar-refractivity contribution in [1.82, 2.24) is 20.6 Å². The molecule has 1 heterocycles. The fourth-order valence-corrected chi connectivity index (χ4v) is 5.43. The number of esters is 1. The van der Waals surface area contributed by atoms with E-state index in [2.05, 4.69) is 83.9 Å². The van der Waals surface area contributed by atoms with E-state index >= 15 is 0 Å². The minimum absolute atomic E-state index is 0.0268. The molecule has 1 N–H and O–H groups in total. The van der Waals surface area contributed by atoms with Crippen LogP contribution in [0.5, 0.6) is 5.75 Å². The van der Waals surface area contributed by atoms with Gasteiger partial charge in [0.2, 0.25) is 5.82 Å². The molecule has 1 atom stereocenters. The van der Waals surface area contributed by atoms with Crippen molar-refractivity contribution in [3.05, 3.63) is 135 Å². The SMILES string of the molecule is COC(=O)c1ccc(CC(C=Cc2ccccc2OCc2ccc(C(C)(C)C)cc2Cl)CCc2ccc(-c3nn[nH]n3)cc2)cc1. The van der Waals surface area contributed by atoms with Gasteiger partial charge < -0.3 is 9.47 Å². The Bertz CT molecular complexity index is 1760. The first-order valence-electron chi connectivity index (χ1n) is 15.4. The average Bonchev–Trinajstić information content (AvgIpc) is 3.61. The Labute approximate surface area is 275 Å². The van der Waals surface area contributed by atoms with Crippen molar-refractivity contribution in [3.63, 3.8) is 0 Å². The molecule has 0 saturated carbocycles. The van der Waals surface area contributed by atoms with Crippen molar-refractivity contribution in [3.8, 4) is 17.1 Å².